The summed E-state index contributed by atoms with van der Waals surface area (Å²) in [6.45, 7) is 2.44. The fourth-order valence-electron chi connectivity index (χ4n) is 1.21. The van der Waals surface area contributed by atoms with Crippen LogP contribution in [-0.2, 0) is 7.05 Å². The van der Waals surface area contributed by atoms with Crippen molar-refractivity contribution in [3.63, 3.8) is 0 Å². The monoisotopic (exact) mass is 207 g/mol. The smallest absolute Gasteiger partial charge is 0.231 e. The number of nitrogens with zero attached hydrogens (tertiary/aromatic N) is 4. The minimum Gasteiger partial charge on any atom is -0.339 e. The molecule has 2 aromatic heterocycles. The summed E-state index contributed by atoms with van der Waals surface area (Å²) in [4.78, 5) is 8.25. The summed E-state index contributed by atoms with van der Waals surface area (Å²) in [5.74, 6) is 1.19. The summed E-state index contributed by atoms with van der Waals surface area (Å²) < 4.78 is 6.95. The molecule has 0 amide bonds. The van der Waals surface area contributed by atoms with E-state index < -0.39 is 0 Å². The summed E-state index contributed by atoms with van der Waals surface area (Å²) >= 11 is 0. The van der Waals surface area contributed by atoms with Crippen molar-refractivity contribution in [2.24, 2.45) is 12.8 Å². The second kappa shape index (κ2) is 3.82. The highest BCUT2D eigenvalue weighted by molar-refractivity contribution is 5.47. The number of aryl methyl sites for hydroxylation is 1. The lowest BCUT2D eigenvalue weighted by Crippen LogP contribution is -2.09. The first-order valence-corrected chi connectivity index (χ1v) is 4.72. The number of nitrogens with two attached hydrogens (primary N) is 1. The molecule has 6 nitrogen and oxygen atoms in total. The SMILES string of the molecule is CC(CN)c1nc(-c2cncn2C)no1. The molecule has 0 spiro atoms. The standard InChI is InChI=1S/C9H13N5O/c1-6(3-10)9-12-8(13-15-9)7-4-11-5-14(7)2/h4-6H,3,10H2,1-2H3. The van der Waals surface area contributed by atoms with Crippen molar-refractivity contribution in [3.05, 3.63) is 18.4 Å². The van der Waals surface area contributed by atoms with Gasteiger partial charge in [0.05, 0.1) is 12.5 Å². The average Bonchev–Trinajstić information content (AvgIpc) is 2.84. The lowest BCUT2D eigenvalue weighted by Gasteiger charge is -1.98. The molecule has 15 heavy (non-hydrogen) atoms. The number of rotatable bonds is 3. The molecule has 1 unspecified atom stereocenters. The van der Waals surface area contributed by atoms with Crippen molar-refractivity contribution < 1.29 is 4.52 Å². The van der Waals surface area contributed by atoms with Crippen molar-refractivity contribution in [1.82, 2.24) is 19.7 Å². The lowest BCUT2D eigenvalue weighted by molar-refractivity contribution is 0.361. The summed E-state index contributed by atoms with van der Waals surface area (Å²) in [7, 11) is 1.88. The van der Waals surface area contributed by atoms with Crippen molar-refractivity contribution in [2.45, 2.75) is 12.8 Å². The summed E-state index contributed by atoms with van der Waals surface area (Å²) in [6, 6.07) is 0. The van der Waals surface area contributed by atoms with Crippen LogP contribution in [0, 0.1) is 0 Å². The van der Waals surface area contributed by atoms with E-state index in [0.29, 0.717) is 18.3 Å². The fourth-order valence-corrected chi connectivity index (χ4v) is 1.21. The van der Waals surface area contributed by atoms with Crippen molar-refractivity contribution >= 4 is 0 Å². The minimum atomic E-state index is 0.0828. The van der Waals surface area contributed by atoms with Gasteiger partial charge in [0.25, 0.3) is 0 Å². The van der Waals surface area contributed by atoms with Crippen LogP contribution in [0.15, 0.2) is 17.0 Å². The maximum atomic E-state index is 5.52. The molecule has 0 aromatic carbocycles. The van der Waals surface area contributed by atoms with E-state index in [4.69, 9.17) is 10.3 Å². The highest BCUT2D eigenvalue weighted by atomic mass is 16.5. The van der Waals surface area contributed by atoms with Gasteiger partial charge in [-0.25, -0.2) is 4.98 Å². The Morgan fingerprint density at radius 2 is 2.40 bits per heavy atom. The van der Waals surface area contributed by atoms with Crippen LogP contribution in [0.25, 0.3) is 11.5 Å². The summed E-state index contributed by atoms with van der Waals surface area (Å²) in [5, 5.41) is 3.89. The number of hydrogen-bond donors (Lipinski definition) is 1. The number of aromatic nitrogens is 4. The van der Waals surface area contributed by atoms with Crippen molar-refractivity contribution in [3.8, 4) is 11.5 Å². The zero-order valence-electron chi connectivity index (χ0n) is 8.71. The van der Waals surface area contributed by atoms with Crippen LogP contribution in [0.5, 0.6) is 0 Å². The van der Waals surface area contributed by atoms with Crippen molar-refractivity contribution in [1.29, 1.82) is 0 Å². The Bertz CT molecular complexity index is 447. The van der Waals surface area contributed by atoms with Gasteiger partial charge in [0.1, 0.15) is 5.69 Å². The van der Waals surface area contributed by atoms with Crippen LogP contribution >= 0.6 is 0 Å². The van der Waals surface area contributed by atoms with Gasteiger partial charge in [-0.1, -0.05) is 12.1 Å². The Kier molecular flexibility index (Phi) is 2.51. The van der Waals surface area contributed by atoms with E-state index in [-0.39, 0.29) is 5.92 Å². The van der Waals surface area contributed by atoms with Crippen LogP contribution in [0.4, 0.5) is 0 Å². The van der Waals surface area contributed by atoms with Gasteiger partial charge in [0, 0.05) is 19.5 Å². The molecule has 0 saturated carbocycles. The molecule has 0 bridgehead atoms. The van der Waals surface area contributed by atoms with Gasteiger partial charge in [-0.05, 0) is 0 Å². The quantitative estimate of drug-likeness (QED) is 0.793. The maximum Gasteiger partial charge on any atom is 0.231 e. The Morgan fingerprint density at radius 3 is 3.00 bits per heavy atom. The zero-order chi connectivity index (χ0) is 10.8. The van der Waals surface area contributed by atoms with E-state index >= 15 is 0 Å². The third kappa shape index (κ3) is 1.75. The topological polar surface area (TPSA) is 82.8 Å². The highest BCUT2D eigenvalue weighted by Gasteiger charge is 2.15. The van der Waals surface area contributed by atoms with E-state index in [9.17, 15) is 0 Å². The molecule has 0 radical (unpaired) electrons. The molecular formula is C9H13N5O. The Labute approximate surface area is 87.1 Å². The molecule has 0 aliphatic heterocycles. The summed E-state index contributed by atoms with van der Waals surface area (Å²) in [5.41, 5.74) is 6.34. The van der Waals surface area contributed by atoms with Gasteiger partial charge in [0.2, 0.25) is 11.7 Å². The molecule has 6 heteroatoms. The molecular weight excluding hydrogens is 194 g/mol. The van der Waals surface area contributed by atoms with E-state index in [0.717, 1.165) is 5.69 Å². The first kappa shape index (κ1) is 9.85. The van der Waals surface area contributed by atoms with E-state index in [1.54, 1.807) is 12.5 Å². The predicted octanol–water partition coefficient (Wildman–Crippen LogP) is 0.532. The molecule has 0 aliphatic carbocycles. The highest BCUT2D eigenvalue weighted by Crippen LogP contribution is 2.17. The third-order valence-corrected chi connectivity index (χ3v) is 2.26. The first-order valence-electron chi connectivity index (χ1n) is 4.72. The molecule has 2 heterocycles. The second-order valence-electron chi connectivity index (χ2n) is 3.48. The average molecular weight is 207 g/mol. The van der Waals surface area contributed by atoms with Crippen LogP contribution in [0.3, 0.4) is 0 Å². The van der Waals surface area contributed by atoms with E-state index in [1.807, 2.05) is 18.5 Å². The molecule has 2 aromatic rings. The Morgan fingerprint density at radius 1 is 1.60 bits per heavy atom. The van der Waals surface area contributed by atoms with Crippen LogP contribution in [0.1, 0.15) is 18.7 Å². The van der Waals surface area contributed by atoms with Gasteiger partial charge in [-0.2, -0.15) is 4.98 Å². The Balaban J connectivity index is 2.32. The van der Waals surface area contributed by atoms with Crippen LogP contribution < -0.4 is 5.73 Å². The molecule has 1 atom stereocenters. The van der Waals surface area contributed by atoms with Gasteiger partial charge >= 0.3 is 0 Å². The number of hydrogen-bond acceptors (Lipinski definition) is 5. The van der Waals surface area contributed by atoms with Crippen LogP contribution in [-0.4, -0.2) is 26.2 Å². The largest absolute Gasteiger partial charge is 0.339 e. The van der Waals surface area contributed by atoms with Gasteiger partial charge in [0.15, 0.2) is 0 Å². The van der Waals surface area contributed by atoms with Crippen molar-refractivity contribution in [2.75, 3.05) is 6.54 Å². The molecule has 0 aliphatic rings. The summed E-state index contributed by atoms with van der Waals surface area (Å²) in [6.07, 6.45) is 3.39. The first-order chi connectivity index (χ1) is 7.22. The van der Waals surface area contributed by atoms with Gasteiger partial charge in [-0.15, -0.1) is 0 Å². The molecule has 2 rings (SSSR count). The van der Waals surface area contributed by atoms with E-state index in [1.165, 1.54) is 0 Å². The Hall–Kier alpha value is -1.69. The maximum absolute atomic E-state index is 5.52. The van der Waals surface area contributed by atoms with Gasteiger partial charge in [-0.3, -0.25) is 0 Å². The zero-order valence-corrected chi connectivity index (χ0v) is 8.71. The second-order valence-corrected chi connectivity index (χ2v) is 3.48. The molecule has 80 valence electrons. The molecule has 0 fully saturated rings. The fraction of sp³-hybridized carbons (Fsp3) is 0.444. The van der Waals surface area contributed by atoms with E-state index in [2.05, 4.69) is 15.1 Å². The normalized spacial score (nSPS) is 13.0. The lowest BCUT2D eigenvalue weighted by atomic mass is 10.2. The van der Waals surface area contributed by atoms with Gasteiger partial charge < -0.3 is 14.8 Å². The number of imidazole rings is 1. The molecule has 2 N–H and O–H groups in total. The third-order valence-electron chi connectivity index (χ3n) is 2.26. The molecule has 0 saturated heterocycles. The van der Waals surface area contributed by atoms with Crippen LogP contribution in [0.2, 0.25) is 0 Å². The predicted molar refractivity (Wildman–Crippen MR) is 54.0 cm³/mol. The minimum absolute atomic E-state index is 0.0828.